The van der Waals surface area contributed by atoms with E-state index in [2.05, 4.69) is 27.6 Å². The Bertz CT molecular complexity index is 1130. The zero-order chi connectivity index (χ0) is 23.5. The van der Waals surface area contributed by atoms with Crippen LogP contribution < -0.4 is 10.2 Å². The van der Waals surface area contributed by atoms with Crippen LogP contribution in [0.2, 0.25) is 0 Å². The average molecular weight is 464 g/mol. The molecule has 176 valence electrons. The standard InChI is InChI=1S/C26H27F2N5O/c27-19-8-9-20(23(28)15-19)21-16-33(25-7-4-11-30-31-25)17-22(21)26(34)32-13-10-24(29-12-14-32)18-5-2-1-3-6-18/h1-9,11,15,21-22,24,29H,10,12-14,16-17H2/t21-,22+,24?/m0/s1. The lowest BCUT2D eigenvalue weighted by Crippen LogP contribution is -2.41. The predicted octanol–water partition coefficient (Wildman–Crippen LogP) is 3.54. The Morgan fingerprint density at radius 2 is 1.85 bits per heavy atom. The van der Waals surface area contributed by atoms with Crippen molar-refractivity contribution in [3.63, 3.8) is 0 Å². The Morgan fingerprint density at radius 1 is 1.00 bits per heavy atom. The first-order chi connectivity index (χ1) is 16.6. The summed E-state index contributed by atoms with van der Waals surface area (Å²) in [6.45, 7) is 2.71. The number of nitrogens with one attached hydrogen (secondary N) is 1. The highest BCUT2D eigenvalue weighted by molar-refractivity contribution is 5.81. The fourth-order valence-corrected chi connectivity index (χ4v) is 5.12. The van der Waals surface area contributed by atoms with E-state index in [0.29, 0.717) is 44.1 Å². The van der Waals surface area contributed by atoms with Crippen molar-refractivity contribution in [2.75, 3.05) is 37.6 Å². The van der Waals surface area contributed by atoms with Crippen molar-refractivity contribution in [1.29, 1.82) is 0 Å². The van der Waals surface area contributed by atoms with Gasteiger partial charge in [-0.1, -0.05) is 36.4 Å². The van der Waals surface area contributed by atoms with Crippen molar-refractivity contribution in [2.24, 2.45) is 5.92 Å². The number of aromatic nitrogens is 2. The maximum absolute atomic E-state index is 14.8. The number of rotatable bonds is 4. The summed E-state index contributed by atoms with van der Waals surface area (Å²) in [5.41, 5.74) is 1.57. The second kappa shape index (κ2) is 9.85. The van der Waals surface area contributed by atoms with Gasteiger partial charge in [-0.3, -0.25) is 4.79 Å². The quantitative estimate of drug-likeness (QED) is 0.642. The lowest BCUT2D eigenvalue weighted by atomic mass is 9.87. The Kier molecular flexibility index (Phi) is 6.49. The Hall–Kier alpha value is -3.39. The average Bonchev–Trinajstić information content (AvgIpc) is 3.15. The van der Waals surface area contributed by atoms with Gasteiger partial charge in [-0.05, 0) is 35.7 Å². The second-order valence-electron chi connectivity index (χ2n) is 8.90. The summed E-state index contributed by atoms with van der Waals surface area (Å²) in [6.07, 6.45) is 2.39. The molecule has 0 saturated carbocycles. The van der Waals surface area contributed by atoms with Crippen LogP contribution in [0.3, 0.4) is 0 Å². The Balaban J connectivity index is 1.38. The van der Waals surface area contributed by atoms with Crippen LogP contribution >= 0.6 is 0 Å². The van der Waals surface area contributed by atoms with Crippen molar-refractivity contribution in [2.45, 2.75) is 18.4 Å². The molecule has 0 spiro atoms. The molecule has 0 aliphatic carbocycles. The van der Waals surface area contributed by atoms with Crippen LogP contribution in [-0.4, -0.2) is 53.7 Å². The van der Waals surface area contributed by atoms with E-state index >= 15 is 0 Å². The third-order valence-electron chi connectivity index (χ3n) is 6.86. The van der Waals surface area contributed by atoms with E-state index in [1.165, 1.54) is 17.7 Å². The molecule has 2 aliphatic rings. The molecule has 0 radical (unpaired) electrons. The van der Waals surface area contributed by atoms with Gasteiger partial charge < -0.3 is 15.1 Å². The second-order valence-corrected chi connectivity index (χ2v) is 8.90. The highest BCUT2D eigenvalue weighted by Crippen LogP contribution is 2.37. The Morgan fingerprint density at radius 3 is 2.62 bits per heavy atom. The molecule has 2 saturated heterocycles. The number of halogens is 2. The summed E-state index contributed by atoms with van der Waals surface area (Å²) in [4.78, 5) is 17.6. The number of amides is 1. The molecule has 1 aromatic heterocycles. The van der Waals surface area contributed by atoms with Crippen molar-refractivity contribution in [3.05, 3.63) is 89.6 Å². The van der Waals surface area contributed by atoms with E-state index in [1.54, 1.807) is 12.3 Å². The first-order valence-corrected chi connectivity index (χ1v) is 11.6. The molecule has 1 N–H and O–H groups in total. The maximum atomic E-state index is 14.8. The van der Waals surface area contributed by atoms with Crippen molar-refractivity contribution in [3.8, 4) is 0 Å². The Labute approximate surface area is 197 Å². The first-order valence-electron chi connectivity index (χ1n) is 11.6. The smallest absolute Gasteiger partial charge is 0.228 e. The van der Waals surface area contributed by atoms with Crippen LogP contribution in [0, 0.1) is 17.6 Å². The van der Waals surface area contributed by atoms with Gasteiger partial charge in [0.1, 0.15) is 11.6 Å². The van der Waals surface area contributed by atoms with Gasteiger partial charge in [0.05, 0.1) is 5.92 Å². The largest absolute Gasteiger partial charge is 0.354 e. The fraction of sp³-hybridized carbons (Fsp3) is 0.346. The lowest BCUT2D eigenvalue weighted by Gasteiger charge is -2.27. The molecule has 3 aromatic rings. The van der Waals surface area contributed by atoms with Crippen molar-refractivity contribution >= 4 is 11.7 Å². The van der Waals surface area contributed by atoms with Crippen LogP contribution in [0.25, 0.3) is 0 Å². The van der Waals surface area contributed by atoms with Gasteiger partial charge in [0.2, 0.25) is 5.91 Å². The summed E-state index contributed by atoms with van der Waals surface area (Å²) in [5, 5.41) is 11.7. The molecule has 8 heteroatoms. The normalized spacial score (nSPS) is 23.1. The minimum atomic E-state index is -0.626. The number of hydrogen-bond donors (Lipinski definition) is 1. The van der Waals surface area contributed by atoms with Crippen molar-refractivity contribution in [1.82, 2.24) is 20.4 Å². The van der Waals surface area contributed by atoms with E-state index in [4.69, 9.17) is 0 Å². The van der Waals surface area contributed by atoms with Gasteiger partial charge >= 0.3 is 0 Å². The van der Waals surface area contributed by atoms with Gasteiger partial charge in [0.15, 0.2) is 5.82 Å². The van der Waals surface area contributed by atoms with E-state index in [0.717, 1.165) is 12.5 Å². The molecule has 2 aromatic carbocycles. The van der Waals surface area contributed by atoms with Crippen LogP contribution in [0.15, 0.2) is 66.9 Å². The van der Waals surface area contributed by atoms with E-state index < -0.39 is 23.5 Å². The van der Waals surface area contributed by atoms with Crippen LogP contribution in [0.1, 0.15) is 29.5 Å². The number of carbonyl (C=O) groups is 1. The molecule has 5 rings (SSSR count). The molecule has 1 amide bonds. The van der Waals surface area contributed by atoms with Gasteiger partial charge in [0, 0.05) is 56.9 Å². The topological polar surface area (TPSA) is 61.4 Å². The molecule has 6 nitrogen and oxygen atoms in total. The molecular formula is C26H27F2N5O. The predicted molar refractivity (Wildman–Crippen MR) is 125 cm³/mol. The zero-order valence-corrected chi connectivity index (χ0v) is 18.8. The molecular weight excluding hydrogens is 436 g/mol. The minimum absolute atomic E-state index is 0.00405. The van der Waals surface area contributed by atoms with Crippen LogP contribution in [0.5, 0.6) is 0 Å². The third kappa shape index (κ3) is 4.63. The fourth-order valence-electron chi connectivity index (χ4n) is 5.12. The maximum Gasteiger partial charge on any atom is 0.228 e. The van der Waals surface area contributed by atoms with E-state index in [1.807, 2.05) is 34.1 Å². The summed E-state index contributed by atoms with van der Waals surface area (Å²) in [5.74, 6) is -1.47. The van der Waals surface area contributed by atoms with Gasteiger partial charge in [-0.25, -0.2) is 8.78 Å². The number of nitrogens with zero attached hydrogens (tertiary/aromatic N) is 4. The molecule has 34 heavy (non-hydrogen) atoms. The van der Waals surface area contributed by atoms with Crippen LogP contribution in [-0.2, 0) is 4.79 Å². The van der Waals surface area contributed by atoms with Crippen molar-refractivity contribution < 1.29 is 13.6 Å². The van der Waals surface area contributed by atoms with Crippen LogP contribution in [0.4, 0.5) is 14.6 Å². The molecule has 2 aliphatic heterocycles. The summed E-state index contributed by atoms with van der Waals surface area (Å²) in [7, 11) is 0. The number of benzene rings is 2. The number of hydrogen-bond acceptors (Lipinski definition) is 5. The molecule has 0 bridgehead atoms. The molecule has 2 fully saturated rings. The molecule has 3 atom stereocenters. The van der Waals surface area contributed by atoms with Gasteiger partial charge in [-0.2, -0.15) is 5.10 Å². The SMILES string of the molecule is O=C([C@@H]1CN(c2cccnn2)C[C@H]1c1ccc(F)cc1F)N1CCNC(c2ccccc2)CC1. The summed E-state index contributed by atoms with van der Waals surface area (Å²) < 4.78 is 28.4. The van der Waals surface area contributed by atoms with E-state index in [9.17, 15) is 13.6 Å². The van der Waals surface area contributed by atoms with Gasteiger partial charge in [0.25, 0.3) is 0 Å². The monoisotopic (exact) mass is 463 g/mol. The zero-order valence-electron chi connectivity index (χ0n) is 18.8. The van der Waals surface area contributed by atoms with Gasteiger partial charge in [-0.15, -0.1) is 5.10 Å². The summed E-state index contributed by atoms with van der Waals surface area (Å²) >= 11 is 0. The third-order valence-corrected chi connectivity index (χ3v) is 6.86. The highest BCUT2D eigenvalue weighted by Gasteiger charge is 2.42. The van der Waals surface area contributed by atoms with E-state index in [-0.39, 0.29) is 11.9 Å². The molecule has 1 unspecified atom stereocenters. The number of carbonyl (C=O) groups excluding carboxylic acids is 1. The lowest BCUT2D eigenvalue weighted by molar-refractivity contribution is -0.135. The molecule has 3 heterocycles. The minimum Gasteiger partial charge on any atom is -0.354 e. The summed E-state index contributed by atoms with van der Waals surface area (Å²) in [6, 6.07) is 17.6. The number of anilines is 1. The first kappa shape index (κ1) is 22.4. The highest BCUT2D eigenvalue weighted by atomic mass is 19.1.